The van der Waals surface area contributed by atoms with Crippen molar-refractivity contribution in [2.75, 3.05) is 7.05 Å². The Balaban J connectivity index is 2.55. The second kappa shape index (κ2) is 4.32. The highest BCUT2D eigenvalue weighted by molar-refractivity contribution is 6.47. The fourth-order valence-corrected chi connectivity index (χ4v) is 1.69. The quantitative estimate of drug-likeness (QED) is 0.458. The number of aromatic nitrogens is 3. The van der Waals surface area contributed by atoms with Crippen LogP contribution in [0.2, 0.25) is 0 Å². The third kappa shape index (κ3) is 2.01. The van der Waals surface area contributed by atoms with Gasteiger partial charge in [0, 0.05) is 7.05 Å². The molecule has 0 aliphatic heterocycles. The Morgan fingerprint density at radius 1 is 1.47 bits per heavy atom. The van der Waals surface area contributed by atoms with Crippen molar-refractivity contribution >= 4 is 22.5 Å². The monoisotopic (exact) mass is 230 g/mol. The molecule has 2 rings (SSSR count). The number of pyridine rings is 1. The smallest absolute Gasteiger partial charge is 0.106 e. The zero-order valence-electron chi connectivity index (χ0n) is 10.0. The molecule has 17 heavy (non-hydrogen) atoms. The lowest BCUT2D eigenvalue weighted by atomic mass is 10.1. The van der Waals surface area contributed by atoms with Crippen LogP contribution in [0.25, 0.3) is 11.0 Å². The van der Waals surface area contributed by atoms with E-state index in [9.17, 15) is 0 Å². The molecule has 0 fully saturated rings. The summed E-state index contributed by atoms with van der Waals surface area (Å²) in [6.07, 6.45) is 1.74. The average Bonchev–Trinajstić information content (AvgIpc) is 2.69. The van der Waals surface area contributed by atoms with E-state index in [1.54, 1.807) is 20.2 Å². The van der Waals surface area contributed by atoms with Crippen molar-refractivity contribution in [3.63, 3.8) is 0 Å². The van der Waals surface area contributed by atoms with Crippen LogP contribution in [0.1, 0.15) is 18.4 Å². The number of aromatic amines is 1. The first-order valence-electron chi connectivity index (χ1n) is 5.20. The number of imidazole rings is 1. The van der Waals surface area contributed by atoms with Crippen molar-refractivity contribution < 1.29 is 0 Å². The van der Waals surface area contributed by atoms with E-state index in [0.29, 0.717) is 11.4 Å². The Labute approximate surface area is 98.7 Å². The lowest BCUT2D eigenvalue weighted by Gasteiger charge is -2.03. The fraction of sp³-hybridized carbons (Fsp3) is 0.273. The molecule has 0 atom stereocenters. The number of hydrogen-bond acceptors (Lipinski definition) is 5. The minimum atomic E-state index is 0.645. The van der Waals surface area contributed by atoms with Gasteiger partial charge in [-0.3, -0.25) is 9.98 Å². The summed E-state index contributed by atoms with van der Waals surface area (Å²) in [6.45, 7) is 3.70. The van der Waals surface area contributed by atoms with E-state index in [0.717, 1.165) is 22.6 Å². The number of rotatable bonds is 2. The summed E-state index contributed by atoms with van der Waals surface area (Å²) in [7, 11) is 1.69. The number of hydrogen-bond donors (Lipinski definition) is 2. The van der Waals surface area contributed by atoms with Gasteiger partial charge in [-0.2, -0.15) is 5.10 Å². The van der Waals surface area contributed by atoms with E-state index < -0.39 is 0 Å². The van der Waals surface area contributed by atoms with E-state index in [1.807, 2.05) is 13.0 Å². The molecule has 2 aromatic rings. The molecule has 0 saturated heterocycles. The molecular formula is C11H14N6. The van der Waals surface area contributed by atoms with Gasteiger partial charge in [0.1, 0.15) is 11.5 Å². The zero-order valence-corrected chi connectivity index (χ0v) is 10.0. The first-order valence-corrected chi connectivity index (χ1v) is 5.20. The summed E-state index contributed by atoms with van der Waals surface area (Å²) in [5.41, 5.74) is 3.81. The molecule has 88 valence electrons. The van der Waals surface area contributed by atoms with Gasteiger partial charge >= 0.3 is 0 Å². The van der Waals surface area contributed by atoms with Gasteiger partial charge in [0.15, 0.2) is 0 Å². The normalized spacial score (nSPS) is 13.4. The van der Waals surface area contributed by atoms with Gasteiger partial charge in [-0.15, -0.1) is 0 Å². The van der Waals surface area contributed by atoms with Crippen molar-refractivity contribution in [3.05, 3.63) is 23.8 Å². The number of nitrogens with one attached hydrogen (secondary N) is 1. The zero-order chi connectivity index (χ0) is 12.4. The van der Waals surface area contributed by atoms with Crippen LogP contribution < -0.4 is 5.84 Å². The van der Waals surface area contributed by atoms with E-state index in [2.05, 4.69) is 25.0 Å². The minimum Gasteiger partial charge on any atom is -0.341 e. The summed E-state index contributed by atoms with van der Waals surface area (Å²) >= 11 is 0. The SMILES string of the molecule is CN=C(C(C)=NN)c1cc2nc(C)[nH]c2cn1. The fourth-order valence-electron chi connectivity index (χ4n) is 1.69. The average molecular weight is 230 g/mol. The van der Waals surface area contributed by atoms with Crippen LogP contribution in [0.4, 0.5) is 0 Å². The summed E-state index contributed by atoms with van der Waals surface area (Å²) in [4.78, 5) is 15.9. The highest BCUT2D eigenvalue weighted by atomic mass is 15.1. The Bertz CT molecular complexity index is 607. The highest BCUT2D eigenvalue weighted by Crippen LogP contribution is 2.12. The molecule has 0 amide bonds. The maximum Gasteiger partial charge on any atom is 0.106 e. The van der Waals surface area contributed by atoms with E-state index in [4.69, 9.17) is 5.84 Å². The van der Waals surface area contributed by atoms with Crippen LogP contribution in [-0.2, 0) is 0 Å². The maximum absolute atomic E-state index is 5.26. The third-order valence-electron chi connectivity index (χ3n) is 2.49. The number of fused-ring (bicyclic) bond motifs is 1. The number of hydrazone groups is 1. The number of aryl methyl sites for hydroxylation is 1. The van der Waals surface area contributed by atoms with E-state index in [-0.39, 0.29) is 0 Å². The van der Waals surface area contributed by atoms with Crippen LogP contribution in [0.15, 0.2) is 22.4 Å². The van der Waals surface area contributed by atoms with Gasteiger partial charge in [-0.25, -0.2) is 4.98 Å². The number of aliphatic imine (C=N–C) groups is 1. The molecule has 0 spiro atoms. The van der Waals surface area contributed by atoms with Crippen molar-refractivity contribution in [1.82, 2.24) is 15.0 Å². The number of H-pyrrole nitrogens is 1. The Hall–Kier alpha value is -2.24. The predicted octanol–water partition coefficient (Wildman–Crippen LogP) is 1.02. The highest BCUT2D eigenvalue weighted by Gasteiger charge is 2.10. The third-order valence-corrected chi connectivity index (χ3v) is 2.49. The molecule has 0 bridgehead atoms. The topological polar surface area (TPSA) is 92.3 Å². The first kappa shape index (κ1) is 11.3. The van der Waals surface area contributed by atoms with Gasteiger partial charge in [-0.1, -0.05) is 0 Å². The molecule has 6 heteroatoms. The van der Waals surface area contributed by atoms with Gasteiger partial charge in [0.25, 0.3) is 0 Å². The molecule has 0 aliphatic rings. The second-order valence-corrected chi connectivity index (χ2v) is 3.70. The molecule has 0 radical (unpaired) electrons. The van der Waals surface area contributed by atoms with Gasteiger partial charge in [0.05, 0.1) is 28.6 Å². The maximum atomic E-state index is 5.26. The molecule has 2 aromatic heterocycles. The van der Waals surface area contributed by atoms with Gasteiger partial charge in [-0.05, 0) is 19.9 Å². The van der Waals surface area contributed by atoms with Crippen LogP contribution in [0.3, 0.4) is 0 Å². The molecule has 0 aliphatic carbocycles. The molecular weight excluding hydrogens is 216 g/mol. The summed E-state index contributed by atoms with van der Waals surface area (Å²) < 4.78 is 0. The second-order valence-electron chi connectivity index (χ2n) is 3.70. The Kier molecular flexibility index (Phi) is 2.86. The van der Waals surface area contributed by atoms with Crippen LogP contribution in [0, 0.1) is 6.92 Å². The Morgan fingerprint density at radius 3 is 2.88 bits per heavy atom. The Morgan fingerprint density at radius 2 is 2.24 bits per heavy atom. The molecule has 0 unspecified atom stereocenters. The van der Waals surface area contributed by atoms with Gasteiger partial charge < -0.3 is 10.8 Å². The largest absolute Gasteiger partial charge is 0.341 e. The number of nitrogens with zero attached hydrogens (tertiary/aromatic N) is 4. The van der Waals surface area contributed by atoms with Gasteiger partial charge in [0.2, 0.25) is 0 Å². The predicted molar refractivity (Wildman–Crippen MR) is 68.4 cm³/mol. The van der Waals surface area contributed by atoms with Crippen LogP contribution in [-0.4, -0.2) is 33.4 Å². The van der Waals surface area contributed by atoms with Crippen LogP contribution >= 0.6 is 0 Å². The lowest BCUT2D eigenvalue weighted by molar-refractivity contribution is 1.17. The summed E-state index contributed by atoms with van der Waals surface area (Å²) in [5, 5.41) is 3.64. The standard InChI is InChI=1S/C11H14N6/c1-6(17-12)11(13-3)9-4-8-10(5-14-9)16-7(2)15-8/h4-5H,12H2,1-3H3,(H,15,16). The van der Waals surface area contributed by atoms with Crippen LogP contribution in [0.5, 0.6) is 0 Å². The van der Waals surface area contributed by atoms with Crippen molar-refractivity contribution in [1.29, 1.82) is 0 Å². The molecule has 6 nitrogen and oxygen atoms in total. The summed E-state index contributed by atoms with van der Waals surface area (Å²) in [5.74, 6) is 6.12. The molecule has 0 aromatic carbocycles. The van der Waals surface area contributed by atoms with Crippen molar-refractivity contribution in [2.45, 2.75) is 13.8 Å². The molecule has 3 N–H and O–H groups in total. The molecule has 0 saturated carbocycles. The van der Waals surface area contributed by atoms with Crippen molar-refractivity contribution in [2.24, 2.45) is 15.9 Å². The summed E-state index contributed by atoms with van der Waals surface area (Å²) in [6, 6.07) is 1.87. The minimum absolute atomic E-state index is 0.645. The first-order chi connectivity index (χ1) is 8.15. The molecule has 2 heterocycles. The van der Waals surface area contributed by atoms with E-state index >= 15 is 0 Å². The lowest BCUT2D eigenvalue weighted by Crippen LogP contribution is -2.15. The van der Waals surface area contributed by atoms with Crippen molar-refractivity contribution in [3.8, 4) is 0 Å². The number of nitrogens with two attached hydrogens (primary N) is 1. The van der Waals surface area contributed by atoms with E-state index in [1.165, 1.54) is 0 Å².